The van der Waals surface area contributed by atoms with Gasteiger partial charge in [-0.1, -0.05) is 12.1 Å². The molecule has 1 saturated heterocycles. The fourth-order valence-electron chi connectivity index (χ4n) is 4.20. The Morgan fingerprint density at radius 1 is 1.10 bits per heavy atom. The van der Waals surface area contributed by atoms with E-state index in [9.17, 15) is 0 Å². The number of likely N-dealkylation sites (N-methyl/N-ethyl adjacent to an activating group) is 1. The van der Waals surface area contributed by atoms with Gasteiger partial charge >= 0.3 is 0 Å². The van der Waals surface area contributed by atoms with Gasteiger partial charge in [-0.15, -0.1) is 5.10 Å². The van der Waals surface area contributed by atoms with E-state index in [1.807, 2.05) is 6.07 Å². The van der Waals surface area contributed by atoms with Crippen LogP contribution in [0.4, 0.5) is 5.82 Å². The van der Waals surface area contributed by atoms with Crippen molar-refractivity contribution < 1.29 is 9.47 Å². The van der Waals surface area contributed by atoms with Gasteiger partial charge in [0.25, 0.3) is 0 Å². The van der Waals surface area contributed by atoms with E-state index >= 15 is 0 Å². The van der Waals surface area contributed by atoms with Crippen LogP contribution < -0.4 is 14.4 Å². The summed E-state index contributed by atoms with van der Waals surface area (Å²) in [6.45, 7) is 2.53. The number of aromatic nitrogens is 3. The SMILES string of the molecule is COc1cc(-c2ccc3c(c2)COc2nc(N4CCC(N(C)C)C4)ccc2-3)cnn1. The predicted molar refractivity (Wildman–Crippen MR) is 116 cm³/mol. The summed E-state index contributed by atoms with van der Waals surface area (Å²) >= 11 is 0. The monoisotopic (exact) mass is 403 g/mol. The fraction of sp³-hybridized carbons (Fsp3) is 0.348. The van der Waals surface area contributed by atoms with Crippen molar-refractivity contribution in [1.82, 2.24) is 20.1 Å². The van der Waals surface area contributed by atoms with E-state index in [4.69, 9.17) is 14.5 Å². The molecule has 7 heteroatoms. The summed E-state index contributed by atoms with van der Waals surface area (Å²) < 4.78 is 11.3. The summed E-state index contributed by atoms with van der Waals surface area (Å²) in [5, 5.41) is 7.96. The summed E-state index contributed by atoms with van der Waals surface area (Å²) in [5.74, 6) is 2.21. The van der Waals surface area contributed by atoms with Gasteiger partial charge in [-0.05, 0) is 55.4 Å². The first-order chi connectivity index (χ1) is 14.6. The van der Waals surface area contributed by atoms with Gasteiger partial charge in [-0.3, -0.25) is 0 Å². The third kappa shape index (κ3) is 3.35. The van der Waals surface area contributed by atoms with Crippen LogP contribution in [0.15, 0.2) is 42.6 Å². The zero-order valence-corrected chi connectivity index (χ0v) is 17.5. The van der Waals surface area contributed by atoms with Gasteiger partial charge in [-0.25, -0.2) is 0 Å². The molecule has 0 amide bonds. The molecule has 1 atom stereocenters. The van der Waals surface area contributed by atoms with Gasteiger partial charge in [0, 0.05) is 36.3 Å². The Kier molecular flexibility index (Phi) is 4.75. The van der Waals surface area contributed by atoms with E-state index in [2.05, 4.69) is 64.4 Å². The Bertz CT molecular complexity index is 1080. The van der Waals surface area contributed by atoms with Gasteiger partial charge in [0.05, 0.1) is 13.3 Å². The quantitative estimate of drug-likeness (QED) is 0.663. The van der Waals surface area contributed by atoms with Crippen LogP contribution in [0.3, 0.4) is 0 Å². The highest BCUT2D eigenvalue weighted by Gasteiger charge is 2.27. The number of pyridine rings is 1. The van der Waals surface area contributed by atoms with Crippen LogP contribution in [0.25, 0.3) is 22.3 Å². The molecule has 2 aromatic heterocycles. The van der Waals surface area contributed by atoms with Crippen molar-refractivity contribution in [2.45, 2.75) is 19.1 Å². The second-order valence-electron chi connectivity index (χ2n) is 8.02. The second kappa shape index (κ2) is 7.57. The van der Waals surface area contributed by atoms with Crippen molar-refractivity contribution in [3.63, 3.8) is 0 Å². The molecular formula is C23H25N5O2. The molecule has 0 N–H and O–H groups in total. The van der Waals surface area contributed by atoms with Gasteiger partial charge in [-0.2, -0.15) is 10.1 Å². The zero-order valence-electron chi connectivity index (χ0n) is 17.5. The smallest absolute Gasteiger partial charge is 0.233 e. The van der Waals surface area contributed by atoms with Gasteiger partial charge in [0.2, 0.25) is 11.8 Å². The van der Waals surface area contributed by atoms with Crippen molar-refractivity contribution in [2.24, 2.45) is 0 Å². The highest BCUT2D eigenvalue weighted by Crippen LogP contribution is 2.39. The van der Waals surface area contributed by atoms with E-state index in [1.165, 1.54) is 5.56 Å². The fourth-order valence-corrected chi connectivity index (χ4v) is 4.20. The number of nitrogens with zero attached hydrogens (tertiary/aromatic N) is 5. The van der Waals surface area contributed by atoms with Crippen LogP contribution >= 0.6 is 0 Å². The molecule has 2 aliphatic heterocycles. The molecule has 3 aromatic rings. The molecule has 0 saturated carbocycles. The number of methoxy groups -OCH3 is 1. The molecule has 1 aromatic carbocycles. The topological polar surface area (TPSA) is 63.6 Å². The van der Waals surface area contributed by atoms with Gasteiger partial charge in [0.15, 0.2) is 0 Å². The lowest BCUT2D eigenvalue weighted by Gasteiger charge is -2.24. The molecule has 1 unspecified atom stereocenters. The molecule has 0 radical (unpaired) electrons. The molecule has 1 fully saturated rings. The van der Waals surface area contributed by atoms with Crippen molar-refractivity contribution in [3.05, 3.63) is 48.2 Å². The van der Waals surface area contributed by atoms with E-state index in [1.54, 1.807) is 13.3 Å². The molecule has 30 heavy (non-hydrogen) atoms. The molecule has 0 aliphatic carbocycles. The number of benzene rings is 1. The number of ether oxygens (including phenoxy) is 2. The lowest BCUT2D eigenvalue weighted by molar-refractivity contribution is 0.290. The highest BCUT2D eigenvalue weighted by atomic mass is 16.5. The average molecular weight is 403 g/mol. The van der Waals surface area contributed by atoms with Crippen molar-refractivity contribution in [2.75, 3.05) is 39.2 Å². The lowest BCUT2D eigenvalue weighted by Crippen LogP contribution is -2.31. The zero-order chi connectivity index (χ0) is 20.7. The number of anilines is 1. The first kappa shape index (κ1) is 18.8. The molecule has 4 heterocycles. The van der Waals surface area contributed by atoms with Crippen molar-refractivity contribution in [1.29, 1.82) is 0 Å². The maximum absolute atomic E-state index is 6.06. The number of rotatable bonds is 4. The molecule has 0 bridgehead atoms. The number of hydrogen-bond donors (Lipinski definition) is 0. The second-order valence-corrected chi connectivity index (χ2v) is 8.02. The largest absolute Gasteiger partial charge is 0.480 e. The third-order valence-electron chi connectivity index (χ3n) is 6.00. The summed E-state index contributed by atoms with van der Waals surface area (Å²) in [6.07, 6.45) is 2.90. The van der Waals surface area contributed by atoms with E-state index in [0.717, 1.165) is 47.6 Å². The summed E-state index contributed by atoms with van der Waals surface area (Å²) in [7, 11) is 5.87. The average Bonchev–Trinajstić information content (AvgIpc) is 3.29. The Balaban J connectivity index is 1.43. The Hall–Kier alpha value is -3.19. The summed E-state index contributed by atoms with van der Waals surface area (Å²) in [5.41, 5.74) is 5.37. The molecular weight excluding hydrogens is 378 g/mol. The van der Waals surface area contributed by atoms with Crippen LogP contribution in [0.1, 0.15) is 12.0 Å². The van der Waals surface area contributed by atoms with Crippen LogP contribution in [-0.2, 0) is 6.61 Å². The van der Waals surface area contributed by atoms with Crippen LogP contribution in [0.2, 0.25) is 0 Å². The van der Waals surface area contributed by atoms with Gasteiger partial charge < -0.3 is 19.3 Å². The molecule has 7 nitrogen and oxygen atoms in total. The van der Waals surface area contributed by atoms with Crippen LogP contribution in [0.5, 0.6) is 11.8 Å². The van der Waals surface area contributed by atoms with Crippen LogP contribution in [-0.4, -0.2) is 60.4 Å². The third-order valence-corrected chi connectivity index (χ3v) is 6.00. The predicted octanol–water partition coefficient (Wildman–Crippen LogP) is 3.25. The Labute approximate surface area is 176 Å². The molecule has 5 rings (SSSR count). The minimum Gasteiger partial charge on any atom is -0.480 e. The Morgan fingerprint density at radius 3 is 2.77 bits per heavy atom. The summed E-state index contributed by atoms with van der Waals surface area (Å²) in [4.78, 5) is 9.47. The number of hydrogen-bond acceptors (Lipinski definition) is 7. The normalized spacial score (nSPS) is 17.5. The number of fused-ring (bicyclic) bond motifs is 3. The first-order valence-electron chi connectivity index (χ1n) is 10.2. The highest BCUT2D eigenvalue weighted by molar-refractivity contribution is 5.78. The molecule has 154 valence electrons. The summed E-state index contributed by atoms with van der Waals surface area (Å²) in [6, 6.07) is 13.1. The molecule has 0 spiro atoms. The van der Waals surface area contributed by atoms with E-state index < -0.39 is 0 Å². The van der Waals surface area contributed by atoms with Crippen molar-refractivity contribution >= 4 is 5.82 Å². The maximum Gasteiger partial charge on any atom is 0.233 e. The lowest BCUT2D eigenvalue weighted by atomic mass is 9.95. The van der Waals surface area contributed by atoms with Gasteiger partial charge in [0.1, 0.15) is 12.4 Å². The maximum atomic E-state index is 6.06. The van der Waals surface area contributed by atoms with Crippen molar-refractivity contribution in [3.8, 4) is 34.0 Å². The van der Waals surface area contributed by atoms with E-state index in [0.29, 0.717) is 24.4 Å². The first-order valence-corrected chi connectivity index (χ1v) is 10.2. The van der Waals surface area contributed by atoms with Crippen LogP contribution in [0, 0.1) is 0 Å². The van der Waals surface area contributed by atoms with E-state index in [-0.39, 0.29) is 0 Å². The minimum absolute atomic E-state index is 0.502. The molecule has 2 aliphatic rings. The Morgan fingerprint density at radius 2 is 1.97 bits per heavy atom. The minimum atomic E-state index is 0.502. The standard InChI is InChI=1S/C23H25N5O2/c1-27(2)18-8-9-28(13-18)21-7-6-20-19-5-4-15(10-17(19)14-30-23(20)25-21)16-11-22(29-3)26-24-12-16/h4-7,10-12,18H,8-9,13-14H2,1-3H3.